The van der Waals surface area contributed by atoms with Crippen LogP contribution in [0.2, 0.25) is 5.02 Å². The lowest BCUT2D eigenvalue weighted by atomic mass is 9.82. The predicted octanol–water partition coefficient (Wildman–Crippen LogP) is 3.75. The molecule has 3 rings (SSSR count). The largest absolute Gasteiger partial charge is 0.484 e. The van der Waals surface area contributed by atoms with E-state index in [9.17, 15) is 4.79 Å². The Hall–Kier alpha value is -2.08. The smallest absolute Gasteiger partial charge is 0.308 e. The minimum absolute atomic E-state index is 0.0121. The first-order valence-corrected chi connectivity index (χ1v) is 8.32. The Morgan fingerprint density at radius 2 is 1.92 bits per heavy atom. The Labute approximate surface area is 145 Å². The van der Waals surface area contributed by atoms with Crippen molar-refractivity contribution < 1.29 is 18.7 Å². The highest BCUT2D eigenvalue weighted by Gasteiger charge is 2.30. The summed E-state index contributed by atoms with van der Waals surface area (Å²) in [4.78, 5) is 11.6. The molecule has 0 atom stereocenters. The van der Waals surface area contributed by atoms with Crippen molar-refractivity contribution in [3.8, 4) is 5.75 Å². The molecule has 0 spiro atoms. The molecule has 0 saturated heterocycles. The van der Waals surface area contributed by atoms with Crippen LogP contribution in [0.4, 0.5) is 0 Å². The number of hydrogen-bond acceptors (Lipinski definition) is 6. The van der Waals surface area contributed by atoms with Gasteiger partial charge in [0.25, 0.3) is 5.89 Å². The zero-order valence-corrected chi connectivity index (χ0v) is 14.2. The van der Waals surface area contributed by atoms with Gasteiger partial charge in [0.15, 0.2) is 6.61 Å². The summed E-state index contributed by atoms with van der Waals surface area (Å²) in [7, 11) is 1.43. The SMILES string of the molecule is COC(=O)C1CCC(c2nnc(COc3ccc(Cl)cc3)o2)CC1. The Kier molecular flexibility index (Phi) is 5.35. The van der Waals surface area contributed by atoms with Crippen molar-refractivity contribution in [3.63, 3.8) is 0 Å². The van der Waals surface area contributed by atoms with Gasteiger partial charge in [-0.3, -0.25) is 4.79 Å². The summed E-state index contributed by atoms with van der Waals surface area (Å²) in [5.41, 5.74) is 0. The minimum Gasteiger partial charge on any atom is -0.484 e. The Bertz CT molecular complexity index is 678. The van der Waals surface area contributed by atoms with Crippen LogP contribution in [0.15, 0.2) is 28.7 Å². The van der Waals surface area contributed by atoms with Crippen molar-refractivity contribution in [2.24, 2.45) is 5.92 Å². The molecule has 1 fully saturated rings. The van der Waals surface area contributed by atoms with E-state index in [2.05, 4.69) is 10.2 Å². The Balaban J connectivity index is 1.52. The van der Waals surface area contributed by atoms with Gasteiger partial charge in [-0.15, -0.1) is 10.2 Å². The van der Waals surface area contributed by atoms with Gasteiger partial charge in [-0.05, 0) is 49.9 Å². The number of ether oxygens (including phenoxy) is 2. The third-order valence-electron chi connectivity index (χ3n) is 4.27. The van der Waals surface area contributed by atoms with Crippen LogP contribution in [-0.4, -0.2) is 23.3 Å². The van der Waals surface area contributed by atoms with Crippen LogP contribution in [-0.2, 0) is 16.1 Å². The van der Waals surface area contributed by atoms with E-state index >= 15 is 0 Å². The minimum atomic E-state index is -0.129. The fraction of sp³-hybridized carbons (Fsp3) is 0.471. The summed E-state index contributed by atoms with van der Waals surface area (Å²) < 4.78 is 16.1. The lowest BCUT2D eigenvalue weighted by Crippen LogP contribution is -2.22. The lowest BCUT2D eigenvalue weighted by molar-refractivity contribution is -0.146. The molecule has 7 heteroatoms. The van der Waals surface area contributed by atoms with E-state index in [4.69, 9.17) is 25.5 Å². The summed E-state index contributed by atoms with van der Waals surface area (Å²) in [5, 5.41) is 8.81. The van der Waals surface area contributed by atoms with Gasteiger partial charge >= 0.3 is 5.97 Å². The summed E-state index contributed by atoms with van der Waals surface area (Å²) in [6.45, 7) is 0.214. The predicted molar refractivity (Wildman–Crippen MR) is 86.8 cm³/mol. The van der Waals surface area contributed by atoms with Gasteiger partial charge in [-0.2, -0.15) is 0 Å². The van der Waals surface area contributed by atoms with Crippen LogP contribution in [0, 0.1) is 5.92 Å². The van der Waals surface area contributed by atoms with E-state index in [1.165, 1.54) is 7.11 Å². The highest BCUT2D eigenvalue weighted by atomic mass is 35.5. The average molecular weight is 351 g/mol. The molecule has 128 valence electrons. The molecule has 6 nitrogen and oxygen atoms in total. The van der Waals surface area contributed by atoms with Gasteiger partial charge < -0.3 is 13.9 Å². The molecule has 0 N–H and O–H groups in total. The topological polar surface area (TPSA) is 74.5 Å². The fourth-order valence-electron chi connectivity index (χ4n) is 2.91. The molecule has 24 heavy (non-hydrogen) atoms. The number of hydrogen-bond donors (Lipinski definition) is 0. The molecular weight excluding hydrogens is 332 g/mol. The van der Waals surface area contributed by atoms with Crippen LogP contribution in [0.25, 0.3) is 0 Å². The summed E-state index contributed by atoms with van der Waals surface area (Å²) in [6.07, 6.45) is 3.27. The maximum absolute atomic E-state index is 11.6. The molecule has 0 radical (unpaired) electrons. The molecule has 1 aliphatic carbocycles. The van der Waals surface area contributed by atoms with E-state index in [1.54, 1.807) is 24.3 Å². The number of nitrogens with zero attached hydrogens (tertiary/aromatic N) is 2. The molecule has 0 bridgehead atoms. The Morgan fingerprint density at radius 1 is 1.21 bits per heavy atom. The highest BCUT2D eigenvalue weighted by Crippen LogP contribution is 2.35. The second kappa shape index (κ2) is 7.66. The molecule has 1 saturated carbocycles. The molecule has 1 heterocycles. The van der Waals surface area contributed by atoms with Crippen molar-refractivity contribution in [3.05, 3.63) is 41.1 Å². The maximum Gasteiger partial charge on any atom is 0.308 e. The first-order valence-electron chi connectivity index (χ1n) is 7.94. The number of methoxy groups -OCH3 is 1. The number of carbonyl (C=O) groups is 1. The van der Waals surface area contributed by atoms with Crippen molar-refractivity contribution >= 4 is 17.6 Å². The second-order valence-corrected chi connectivity index (χ2v) is 6.28. The van der Waals surface area contributed by atoms with Crippen molar-refractivity contribution in [1.82, 2.24) is 10.2 Å². The molecule has 0 unspecified atom stereocenters. The number of rotatable bonds is 5. The third-order valence-corrected chi connectivity index (χ3v) is 4.52. The van der Waals surface area contributed by atoms with Crippen LogP contribution in [0.5, 0.6) is 5.75 Å². The molecule has 0 amide bonds. The van der Waals surface area contributed by atoms with Gasteiger partial charge in [-0.1, -0.05) is 11.6 Å². The van der Waals surface area contributed by atoms with Crippen molar-refractivity contribution in [1.29, 1.82) is 0 Å². The van der Waals surface area contributed by atoms with E-state index in [0.717, 1.165) is 25.7 Å². The standard InChI is InChI=1S/C17H19ClN2O4/c1-22-17(21)12-4-2-11(3-5-12)16-20-19-15(24-16)10-23-14-8-6-13(18)7-9-14/h6-9,11-12H,2-5,10H2,1H3. The zero-order chi connectivity index (χ0) is 16.9. The second-order valence-electron chi connectivity index (χ2n) is 5.85. The number of halogens is 1. The number of esters is 1. The summed E-state index contributed by atoms with van der Waals surface area (Å²) in [6, 6.07) is 7.09. The van der Waals surface area contributed by atoms with E-state index < -0.39 is 0 Å². The van der Waals surface area contributed by atoms with Gasteiger partial charge in [0, 0.05) is 10.9 Å². The van der Waals surface area contributed by atoms with Crippen molar-refractivity contribution in [2.75, 3.05) is 7.11 Å². The van der Waals surface area contributed by atoms with E-state index in [1.807, 2.05) is 0 Å². The van der Waals surface area contributed by atoms with Gasteiger partial charge in [0.1, 0.15) is 5.75 Å². The molecule has 1 aliphatic rings. The lowest BCUT2D eigenvalue weighted by Gasteiger charge is -2.24. The van der Waals surface area contributed by atoms with Gasteiger partial charge in [0.2, 0.25) is 5.89 Å². The zero-order valence-electron chi connectivity index (χ0n) is 13.4. The molecule has 1 aromatic heterocycles. The quantitative estimate of drug-likeness (QED) is 0.764. The number of benzene rings is 1. The molecule has 1 aromatic carbocycles. The van der Waals surface area contributed by atoms with Gasteiger partial charge in [0.05, 0.1) is 13.0 Å². The van der Waals surface area contributed by atoms with Crippen LogP contribution < -0.4 is 4.74 Å². The molecule has 0 aliphatic heterocycles. The first kappa shape index (κ1) is 16.8. The highest BCUT2D eigenvalue weighted by molar-refractivity contribution is 6.30. The van der Waals surface area contributed by atoms with Crippen LogP contribution in [0.1, 0.15) is 43.4 Å². The van der Waals surface area contributed by atoms with Crippen LogP contribution >= 0.6 is 11.6 Å². The fourth-order valence-corrected chi connectivity index (χ4v) is 3.03. The third kappa shape index (κ3) is 4.06. The monoisotopic (exact) mass is 350 g/mol. The van der Waals surface area contributed by atoms with E-state index in [0.29, 0.717) is 22.6 Å². The van der Waals surface area contributed by atoms with Crippen molar-refractivity contribution in [2.45, 2.75) is 38.2 Å². The number of aromatic nitrogens is 2. The summed E-state index contributed by atoms with van der Waals surface area (Å²) >= 11 is 5.83. The number of carbonyl (C=O) groups excluding carboxylic acids is 1. The molecule has 2 aromatic rings. The maximum atomic E-state index is 11.6. The first-order chi connectivity index (χ1) is 11.7. The van der Waals surface area contributed by atoms with Crippen LogP contribution in [0.3, 0.4) is 0 Å². The normalized spacial score (nSPS) is 20.6. The Morgan fingerprint density at radius 3 is 2.58 bits per heavy atom. The average Bonchev–Trinajstić information content (AvgIpc) is 3.10. The summed E-state index contributed by atoms with van der Waals surface area (Å²) in [5.74, 6) is 1.81. The van der Waals surface area contributed by atoms with Gasteiger partial charge in [-0.25, -0.2) is 0 Å². The molecular formula is C17H19ClN2O4. The van der Waals surface area contributed by atoms with E-state index in [-0.39, 0.29) is 24.4 Å².